The molecule has 17 heavy (non-hydrogen) atoms. The Balaban J connectivity index is 2.77. The summed E-state index contributed by atoms with van der Waals surface area (Å²) < 4.78 is 5.47. The molecular formula is C14H17NO2. The first-order chi connectivity index (χ1) is 8.19. The highest BCUT2D eigenvalue weighted by molar-refractivity contribution is 5.94. The third kappa shape index (κ3) is 3.84. The molecular weight excluding hydrogens is 214 g/mol. The average Bonchev–Trinajstić information content (AvgIpc) is 2.36. The second-order valence-corrected chi connectivity index (χ2v) is 3.74. The first-order valence-corrected chi connectivity index (χ1v) is 5.60. The van der Waals surface area contributed by atoms with Crippen molar-refractivity contribution in [2.24, 2.45) is 0 Å². The molecule has 1 amide bonds. The van der Waals surface area contributed by atoms with Crippen LogP contribution >= 0.6 is 0 Å². The van der Waals surface area contributed by atoms with Crippen LogP contribution in [0.2, 0.25) is 0 Å². The number of hydrogen-bond donors (Lipinski definition) is 0. The molecule has 0 aliphatic heterocycles. The lowest BCUT2D eigenvalue weighted by Crippen LogP contribution is -2.26. The fourth-order valence-electron chi connectivity index (χ4n) is 1.37. The quantitative estimate of drug-likeness (QED) is 0.727. The van der Waals surface area contributed by atoms with Crippen LogP contribution in [0.3, 0.4) is 0 Å². The number of rotatable bonds is 5. The number of nitrogens with zero attached hydrogens (tertiary/aromatic N) is 1. The Morgan fingerprint density at radius 2 is 2.29 bits per heavy atom. The number of carbonyl (C=O) groups excluding carboxylic acids is 1. The average molecular weight is 231 g/mol. The van der Waals surface area contributed by atoms with Crippen molar-refractivity contribution in [3.05, 3.63) is 29.8 Å². The molecule has 0 aromatic heterocycles. The number of carbonyl (C=O) groups is 1. The topological polar surface area (TPSA) is 29.5 Å². The van der Waals surface area contributed by atoms with Gasteiger partial charge in [0.1, 0.15) is 5.75 Å². The van der Waals surface area contributed by atoms with Crippen LogP contribution in [-0.2, 0) is 0 Å². The van der Waals surface area contributed by atoms with Gasteiger partial charge in [-0.2, -0.15) is 0 Å². The molecule has 0 unspecified atom stereocenters. The SMILES string of the molecule is C#CCN(C)C(=O)c1cccc(OCCC)c1. The minimum atomic E-state index is -0.0927. The molecule has 0 saturated heterocycles. The summed E-state index contributed by atoms with van der Waals surface area (Å²) in [6.07, 6.45) is 6.11. The lowest BCUT2D eigenvalue weighted by atomic mass is 10.2. The van der Waals surface area contributed by atoms with Crippen molar-refractivity contribution >= 4 is 5.91 Å². The van der Waals surface area contributed by atoms with Gasteiger partial charge >= 0.3 is 0 Å². The van der Waals surface area contributed by atoms with E-state index in [0.29, 0.717) is 24.5 Å². The van der Waals surface area contributed by atoms with Crippen LogP contribution in [-0.4, -0.2) is 31.0 Å². The zero-order chi connectivity index (χ0) is 12.7. The van der Waals surface area contributed by atoms with E-state index >= 15 is 0 Å². The van der Waals surface area contributed by atoms with Crippen molar-refractivity contribution in [3.8, 4) is 18.1 Å². The third-order valence-corrected chi connectivity index (χ3v) is 2.23. The van der Waals surface area contributed by atoms with Gasteiger partial charge in [-0.3, -0.25) is 4.79 Å². The van der Waals surface area contributed by atoms with Gasteiger partial charge in [0.25, 0.3) is 5.91 Å². The summed E-state index contributed by atoms with van der Waals surface area (Å²) in [4.78, 5) is 13.4. The van der Waals surface area contributed by atoms with Crippen molar-refractivity contribution in [2.75, 3.05) is 20.2 Å². The van der Waals surface area contributed by atoms with E-state index in [-0.39, 0.29) is 5.91 Å². The van der Waals surface area contributed by atoms with Crippen molar-refractivity contribution < 1.29 is 9.53 Å². The molecule has 0 atom stereocenters. The fourth-order valence-corrected chi connectivity index (χ4v) is 1.37. The number of benzene rings is 1. The molecule has 0 spiro atoms. The molecule has 1 aromatic carbocycles. The van der Waals surface area contributed by atoms with Gasteiger partial charge in [0.2, 0.25) is 0 Å². The van der Waals surface area contributed by atoms with E-state index in [9.17, 15) is 4.79 Å². The van der Waals surface area contributed by atoms with Gasteiger partial charge in [-0.05, 0) is 24.6 Å². The van der Waals surface area contributed by atoms with Crippen LogP contribution in [0.25, 0.3) is 0 Å². The second-order valence-electron chi connectivity index (χ2n) is 3.74. The molecule has 1 aromatic rings. The van der Waals surface area contributed by atoms with Crippen molar-refractivity contribution in [1.82, 2.24) is 4.90 Å². The maximum atomic E-state index is 11.9. The molecule has 3 heteroatoms. The van der Waals surface area contributed by atoms with Crippen molar-refractivity contribution in [2.45, 2.75) is 13.3 Å². The number of hydrogen-bond acceptors (Lipinski definition) is 2. The van der Waals surface area contributed by atoms with Crippen LogP contribution in [0.15, 0.2) is 24.3 Å². The van der Waals surface area contributed by atoms with E-state index in [1.54, 1.807) is 19.2 Å². The molecule has 0 aliphatic rings. The largest absolute Gasteiger partial charge is 0.494 e. The molecule has 0 N–H and O–H groups in total. The zero-order valence-electron chi connectivity index (χ0n) is 10.3. The summed E-state index contributed by atoms with van der Waals surface area (Å²) in [6, 6.07) is 7.15. The zero-order valence-corrected chi connectivity index (χ0v) is 10.3. The van der Waals surface area contributed by atoms with E-state index < -0.39 is 0 Å². The predicted octanol–water partition coefficient (Wildman–Crippen LogP) is 2.18. The van der Waals surface area contributed by atoms with E-state index in [2.05, 4.69) is 5.92 Å². The molecule has 0 radical (unpaired) electrons. The Bertz CT molecular complexity index is 420. The van der Waals surface area contributed by atoms with Gasteiger partial charge in [0.15, 0.2) is 0 Å². The highest BCUT2D eigenvalue weighted by Gasteiger charge is 2.10. The Hall–Kier alpha value is -1.95. The van der Waals surface area contributed by atoms with Gasteiger partial charge in [-0.25, -0.2) is 0 Å². The highest BCUT2D eigenvalue weighted by Crippen LogP contribution is 2.14. The summed E-state index contributed by atoms with van der Waals surface area (Å²) in [5.41, 5.74) is 0.594. The minimum absolute atomic E-state index is 0.0927. The highest BCUT2D eigenvalue weighted by atomic mass is 16.5. The summed E-state index contributed by atoms with van der Waals surface area (Å²) in [6.45, 7) is 2.99. The summed E-state index contributed by atoms with van der Waals surface area (Å²) in [5.74, 6) is 3.06. The van der Waals surface area contributed by atoms with E-state index in [1.807, 2.05) is 19.1 Å². The Morgan fingerprint density at radius 3 is 2.94 bits per heavy atom. The standard InChI is InChI=1S/C14H17NO2/c1-4-9-15(3)14(16)12-7-6-8-13(11-12)17-10-5-2/h1,6-8,11H,5,9-10H2,2-3H3. The van der Waals surface area contributed by atoms with Gasteiger partial charge in [0.05, 0.1) is 13.2 Å². The second kappa shape index (κ2) is 6.59. The molecule has 0 saturated carbocycles. The van der Waals surface area contributed by atoms with Gasteiger partial charge in [0, 0.05) is 12.6 Å². The van der Waals surface area contributed by atoms with Crippen LogP contribution in [0.4, 0.5) is 0 Å². The normalized spacial score (nSPS) is 9.47. The van der Waals surface area contributed by atoms with Crippen LogP contribution in [0, 0.1) is 12.3 Å². The van der Waals surface area contributed by atoms with Gasteiger partial charge in [-0.15, -0.1) is 6.42 Å². The first-order valence-electron chi connectivity index (χ1n) is 5.60. The van der Waals surface area contributed by atoms with Gasteiger partial charge in [-0.1, -0.05) is 18.9 Å². The van der Waals surface area contributed by atoms with Crippen molar-refractivity contribution in [1.29, 1.82) is 0 Å². The van der Waals surface area contributed by atoms with Crippen LogP contribution in [0.5, 0.6) is 5.75 Å². The molecule has 1 rings (SSSR count). The molecule has 0 fully saturated rings. The molecule has 0 heterocycles. The van der Waals surface area contributed by atoms with Crippen LogP contribution in [0.1, 0.15) is 23.7 Å². The number of ether oxygens (including phenoxy) is 1. The Kier molecular flexibility index (Phi) is 5.09. The lowest BCUT2D eigenvalue weighted by Gasteiger charge is -2.14. The third-order valence-electron chi connectivity index (χ3n) is 2.23. The first kappa shape index (κ1) is 13.1. The van der Waals surface area contributed by atoms with Crippen LogP contribution < -0.4 is 4.74 Å². The van der Waals surface area contributed by atoms with E-state index in [0.717, 1.165) is 6.42 Å². The summed E-state index contributed by atoms with van der Waals surface area (Å²) in [7, 11) is 1.68. The molecule has 0 aliphatic carbocycles. The Morgan fingerprint density at radius 1 is 1.53 bits per heavy atom. The number of terminal acetylenes is 1. The summed E-state index contributed by atoms with van der Waals surface area (Å²) in [5, 5.41) is 0. The monoisotopic (exact) mass is 231 g/mol. The fraction of sp³-hybridized carbons (Fsp3) is 0.357. The predicted molar refractivity (Wildman–Crippen MR) is 68.0 cm³/mol. The molecule has 90 valence electrons. The minimum Gasteiger partial charge on any atom is -0.494 e. The maximum absolute atomic E-state index is 11.9. The molecule has 3 nitrogen and oxygen atoms in total. The van der Waals surface area contributed by atoms with Gasteiger partial charge < -0.3 is 9.64 Å². The van der Waals surface area contributed by atoms with E-state index in [1.165, 1.54) is 4.90 Å². The summed E-state index contributed by atoms with van der Waals surface area (Å²) >= 11 is 0. The maximum Gasteiger partial charge on any atom is 0.254 e. The van der Waals surface area contributed by atoms with E-state index in [4.69, 9.17) is 11.2 Å². The molecule has 0 bridgehead atoms. The smallest absolute Gasteiger partial charge is 0.254 e. The Labute approximate surface area is 102 Å². The van der Waals surface area contributed by atoms with Crippen molar-refractivity contribution in [3.63, 3.8) is 0 Å². The number of amides is 1. The lowest BCUT2D eigenvalue weighted by molar-refractivity contribution is 0.0812.